The third kappa shape index (κ3) is 4.42. The summed E-state index contributed by atoms with van der Waals surface area (Å²) in [6.07, 6.45) is -0.276. The van der Waals surface area contributed by atoms with Gasteiger partial charge >= 0.3 is 64.2 Å². The van der Waals surface area contributed by atoms with Crippen molar-refractivity contribution in [2.45, 2.75) is 18.8 Å². The van der Waals surface area contributed by atoms with E-state index in [2.05, 4.69) is 5.32 Å². The quantitative estimate of drug-likeness (QED) is 0.659. The van der Waals surface area contributed by atoms with Gasteiger partial charge in [0.05, 0.1) is 6.42 Å². The van der Waals surface area contributed by atoms with Gasteiger partial charge in [0, 0.05) is 5.92 Å². The molecule has 0 bridgehead atoms. The first-order chi connectivity index (χ1) is 5.52. The molecule has 0 aromatic rings. The Balaban J connectivity index is 0.00000144. The summed E-state index contributed by atoms with van der Waals surface area (Å²) in [6.45, 7) is -0.168. The number of hydrogen-bond acceptors (Lipinski definition) is 1. The molecule has 1 N–H and O–H groups in total. The maximum absolute atomic E-state index is 12.9. The van der Waals surface area contributed by atoms with Crippen LogP contribution in [0.3, 0.4) is 0 Å². The molecule has 0 amide bonds. The monoisotopic (exact) mass is 263 g/mol. The van der Waals surface area contributed by atoms with Crippen molar-refractivity contribution in [3.63, 3.8) is 0 Å². The number of alkyl halides is 2. The minimum absolute atomic E-state index is 0. The number of rotatable bonds is 2. The molecule has 1 rings (SSSR count). The maximum Gasteiger partial charge on any atom is 1.00 e. The average Bonchev–Trinajstić information content (AvgIpc) is 1.92. The van der Waals surface area contributed by atoms with E-state index in [1.54, 1.807) is 0 Å². The van der Waals surface area contributed by atoms with E-state index in [0.717, 1.165) is 0 Å². The molecule has 0 aliphatic carbocycles. The minimum Gasteiger partial charge on any atom is -0.657 e. The number of carbonyl (C=O) groups is 1. The van der Waals surface area contributed by atoms with Gasteiger partial charge in [0.1, 0.15) is 0 Å². The third-order valence-corrected chi connectivity index (χ3v) is 1.98. The van der Waals surface area contributed by atoms with Crippen LogP contribution in [0.25, 0.3) is 5.32 Å². The van der Waals surface area contributed by atoms with Crippen LogP contribution >= 0.6 is 0 Å². The van der Waals surface area contributed by atoms with Crippen LogP contribution < -0.4 is 58.2 Å². The zero-order chi connectivity index (χ0) is 9.19. The molecule has 1 aliphatic rings. The molecule has 1 aliphatic heterocycles. The fourth-order valence-electron chi connectivity index (χ4n) is 1.28. The van der Waals surface area contributed by atoms with Crippen LogP contribution in [-0.4, -0.2) is 30.1 Å². The average molecular weight is 264 g/mol. The number of halogens is 2. The second kappa shape index (κ2) is 5.85. The second-order valence-electron chi connectivity index (χ2n) is 2.95. The number of carboxylic acids is 1. The largest absolute Gasteiger partial charge is 1.00 e. The summed E-state index contributed by atoms with van der Waals surface area (Å²) in [7, 11) is 0. The Labute approximate surface area is 124 Å². The molecule has 70 valence electrons. The molecular formula is C7H10F2NO2Rb. The molecule has 0 unspecified atom stereocenters. The third-order valence-electron chi connectivity index (χ3n) is 1.98. The normalized spacial score (nSPS) is 26.2. The van der Waals surface area contributed by atoms with E-state index < -0.39 is 30.8 Å². The smallest absolute Gasteiger partial charge is 0.657 e. The number of aliphatic carboxylic acids is 1. The first kappa shape index (κ1) is 14.1. The van der Waals surface area contributed by atoms with Crippen molar-refractivity contribution in [2.24, 2.45) is 5.92 Å². The Morgan fingerprint density at radius 1 is 1.62 bits per heavy atom. The Hall–Kier alpha value is 1.10. The Morgan fingerprint density at radius 2 is 2.23 bits per heavy atom. The Kier molecular flexibility index (Phi) is 6.34. The minimum atomic E-state index is -2.92. The molecule has 6 heteroatoms. The van der Waals surface area contributed by atoms with E-state index in [1.807, 2.05) is 0 Å². The Bertz CT molecular complexity index is 189. The topological polar surface area (TPSA) is 51.4 Å². The molecule has 0 saturated carbocycles. The SMILES string of the molecule is O=C(O)C[C@H]1CC[N-]CC1(F)F.[Rb+]. The summed E-state index contributed by atoms with van der Waals surface area (Å²) in [5, 5.41) is 11.9. The molecule has 3 nitrogen and oxygen atoms in total. The fraction of sp³-hybridized carbons (Fsp3) is 0.857. The van der Waals surface area contributed by atoms with Gasteiger partial charge in [0.2, 0.25) is 5.92 Å². The van der Waals surface area contributed by atoms with Gasteiger partial charge in [0.15, 0.2) is 0 Å². The zero-order valence-corrected chi connectivity index (χ0v) is 12.4. The molecule has 1 atom stereocenters. The molecule has 0 aromatic heterocycles. The molecule has 1 saturated heterocycles. The van der Waals surface area contributed by atoms with E-state index in [4.69, 9.17) is 5.11 Å². The molecule has 13 heavy (non-hydrogen) atoms. The first-order valence-corrected chi connectivity index (χ1v) is 3.75. The predicted molar refractivity (Wildman–Crippen MR) is 38.4 cm³/mol. The van der Waals surface area contributed by atoms with Gasteiger partial charge in [-0.2, -0.15) is 0 Å². The molecule has 0 spiro atoms. The fourth-order valence-corrected chi connectivity index (χ4v) is 1.28. The van der Waals surface area contributed by atoms with Crippen molar-refractivity contribution in [1.29, 1.82) is 0 Å². The second-order valence-corrected chi connectivity index (χ2v) is 2.95. The molecular weight excluding hydrogens is 254 g/mol. The Morgan fingerprint density at radius 3 is 2.69 bits per heavy atom. The van der Waals surface area contributed by atoms with Gasteiger partial charge in [-0.3, -0.25) is 4.79 Å². The summed E-state index contributed by atoms with van der Waals surface area (Å²) < 4.78 is 25.7. The summed E-state index contributed by atoms with van der Waals surface area (Å²) >= 11 is 0. The van der Waals surface area contributed by atoms with Crippen molar-refractivity contribution in [3.05, 3.63) is 5.32 Å². The van der Waals surface area contributed by atoms with Crippen LogP contribution in [0.5, 0.6) is 0 Å². The van der Waals surface area contributed by atoms with Crippen molar-refractivity contribution in [3.8, 4) is 0 Å². The van der Waals surface area contributed by atoms with Gasteiger partial charge in [-0.25, -0.2) is 8.78 Å². The van der Waals surface area contributed by atoms with Gasteiger partial charge < -0.3 is 10.4 Å². The maximum atomic E-state index is 12.9. The molecule has 1 fully saturated rings. The van der Waals surface area contributed by atoms with Crippen LogP contribution in [-0.2, 0) is 4.79 Å². The summed E-state index contributed by atoms with van der Waals surface area (Å²) in [5.41, 5.74) is 0. The van der Waals surface area contributed by atoms with Crippen molar-refractivity contribution in [1.82, 2.24) is 0 Å². The van der Waals surface area contributed by atoms with Crippen LogP contribution in [0.2, 0.25) is 0 Å². The summed E-state index contributed by atoms with van der Waals surface area (Å²) in [5.74, 6) is -5.12. The van der Waals surface area contributed by atoms with Crippen LogP contribution in [0.1, 0.15) is 12.8 Å². The van der Waals surface area contributed by atoms with Gasteiger partial charge in [-0.05, 0) is 0 Å². The van der Waals surface area contributed by atoms with E-state index in [-0.39, 0.29) is 64.6 Å². The van der Waals surface area contributed by atoms with E-state index in [1.165, 1.54) is 0 Å². The van der Waals surface area contributed by atoms with Gasteiger partial charge in [-0.1, -0.05) is 13.0 Å². The van der Waals surface area contributed by atoms with Crippen molar-refractivity contribution in [2.75, 3.05) is 13.1 Å². The van der Waals surface area contributed by atoms with Crippen LogP contribution in [0.15, 0.2) is 0 Å². The number of carboxylic acid groups (broad SMARTS) is 1. The molecule has 0 aromatic carbocycles. The number of nitrogens with zero attached hydrogens (tertiary/aromatic N) is 1. The van der Waals surface area contributed by atoms with Gasteiger partial charge in [0.25, 0.3) is 0 Å². The summed E-state index contributed by atoms with van der Waals surface area (Å²) in [6, 6.07) is 0. The number of piperidine rings is 1. The van der Waals surface area contributed by atoms with E-state index in [9.17, 15) is 13.6 Å². The number of hydrogen-bond donors (Lipinski definition) is 1. The van der Waals surface area contributed by atoms with Crippen LogP contribution in [0.4, 0.5) is 8.78 Å². The van der Waals surface area contributed by atoms with Crippen LogP contribution in [0, 0.1) is 5.92 Å². The predicted octanol–water partition coefficient (Wildman–Crippen LogP) is -1.51. The molecule has 0 radical (unpaired) electrons. The van der Waals surface area contributed by atoms with Crippen molar-refractivity contribution >= 4 is 5.97 Å². The van der Waals surface area contributed by atoms with Crippen molar-refractivity contribution < 1.29 is 76.9 Å². The first-order valence-electron chi connectivity index (χ1n) is 3.75. The van der Waals surface area contributed by atoms with E-state index >= 15 is 0 Å². The summed E-state index contributed by atoms with van der Waals surface area (Å²) in [4.78, 5) is 10.2. The molecule has 1 heterocycles. The zero-order valence-electron chi connectivity index (χ0n) is 7.46. The van der Waals surface area contributed by atoms with Gasteiger partial charge in [-0.15, -0.1) is 6.54 Å². The van der Waals surface area contributed by atoms with E-state index in [0.29, 0.717) is 6.54 Å². The standard InChI is InChI=1S/C7H10F2NO2.Rb/c8-7(9)4-10-2-1-5(7)3-6(11)12;/h5H,1-4H2,(H,11,12);/q-1;+1/t5-;/m1./s1.